The summed E-state index contributed by atoms with van der Waals surface area (Å²) in [7, 11) is 0. The molecule has 17 heavy (non-hydrogen) atoms. The highest BCUT2D eigenvalue weighted by molar-refractivity contribution is 9.10. The van der Waals surface area contributed by atoms with E-state index in [2.05, 4.69) is 26.6 Å². The Morgan fingerprint density at radius 3 is 3.00 bits per heavy atom. The van der Waals surface area contributed by atoms with Crippen LogP contribution in [0.5, 0.6) is 0 Å². The number of carbonyl (C=O) groups excluding carboxylic acids is 1. The van der Waals surface area contributed by atoms with Crippen LogP contribution in [0, 0.1) is 0 Å². The minimum Gasteiger partial charge on any atom is -0.355 e. The molecule has 1 aliphatic heterocycles. The molecular weight excluding hydrogens is 304 g/mol. The highest BCUT2D eigenvalue weighted by Gasteiger charge is 2.16. The third kappa shape index (κ3) is 3.69. The minimum atomic E-state index is 0.150. The fourth-order valence-corrected chi connectivity index (χ4v) is 2.36. The van der Waals surface area contributed by atoms with Gasteiger partial charge in [0, 0.05) is 30.0 Å². The van der Waals surface area contributed by atoms with Crippen molar-refractivity contribution in [1.29, 1.82) is 0 Å². The maximum absolute atomic E-state index is 11.0. The number of rotatable bonds is 3. The van der Waals surface area contributed by atoms with Crippen molar-refractivity contribution >= 4 is 33.4 Å². The lowest BCUT2D eigenvalue weighted by atomic mass is 10.1. The maximum atomic E-state index is 11.0. The first-order chi connectivity index (χ1) is 8.15. The number of nitrogens with one attached hydrogen (secondary N) is 2. The van der Waals surface area contributed by atoms with Crippen molar-refractivity contribution in [2.75, 3.05) is 6.54 Å². The van der Waals surface area contributed by atoms with E-state index in [1.54, 1.807) is 0 Å². The zero-order chi connectivity index (χ0) is 12.3. The predicted molar refractivity (Wildman–Crippen MR) is 72.0 cm³/mol. The average molecular weight is 318 g/mol. The van der Waals surface area contributed by atoms with Crippen molar-refractivity contribution in [3.8, 4) is 0 Å². The molecule has 92 valence electrons. The molecule has 1 saturated heterocycles. The Kier molecular flexibility index (Phi) is 4.42. The molecule has 1 amide bonds. The van der Waals surface area contributed by atoms with Crippen LogP contribution in [-0.2, 0) is 11.3 Å². The van der Waals surface area contributed by atoms with Gasteiger partial charge in [-0.25, -0.2) is 0 Å². The number of piperidine rings is 1. The van der Waals surface area contributed by atoms with Crippen LogP contribution < -0.4 is 10.6 Å². The van der Waals surface area contributed by atoms with Crippen molar-refractivity contribution in [2.24, 2.45) is 0 Å². The van der Waals surface area contributed by atoms with Crippen LogP contribution in [-0.4, -0.2) is 18.5 Å². The fourth-order valence-electron chi connectivity index (χ4n) is 1.82. The summed E-state index contributed by atoms with van der Waals surface area (Å²) in [5.41, 5.74) is 1.18. The quantitative estimate of drug-likeness (QED) is 0.899. The minimum absolute atomic E-state index is 0.150. The molecule has 0 aliphatic carbocycles. The van der Waals surface area contributed by atoms with Crippen LogP contribution in [0.15, 0.2) is 22.7 Å². The number of hydrogen-bond donors (Lipinski definition) is 2. The van der Waals surface area contributed by atoms with E-state index in [1.165, 1.54) is 5.56 Å². The molecule has 1 atom stereocenters. The molecular formula is C12H14BrClN2O. The van der Waals surface area contributed by atoms with Crippen molar-refractivity contribution < 1.29 is 4.79 Å². The Labute approximate surface area is 114 Å². The molecule has 3 nitrogen and oxygen atoms in total. The highest BCUT2D eigenvalue weighted by atomic mass is 79.9. The van der Waals surface area contributed by atoms with Crippen LogP contribution in [0.2, 0.25) is 5.02 Å². The second-order valence-electron chi connectivity index (χ2n) is 4.17. The Hall–Kier alpha value is -0.580. The summed E-state index contributed by atoms with van der Waals surface area (Å²) in [5, 5.41) is 7.00. The largest absolute Gasteiger partial charge is 0.355 e. The van der Waals surface area contributed by atoms with Crippen molar-refractivity contribution in [3.05, 3.63) is 33.3 Å². The second-order valence-corrected chi connectivity index (χ2v) is 5.43. The van der Waals surface area contributed by atoms with E-state index >= 15 is 0 Å². The van der Waals surface area contributed by atoms with Gasteiger partial charge >= 0.3 is 0 Å². The zero-order valence-corrected chi connectivity index (χ0v) is 11.6. The first-order valence-corrected chi connectivity index (χ1v) is 6.76. The number of carbonyl (C=O) groups is 1. The molecule has 0 saturated carbocycles. The van der Waals surface area contributed by atoms with Gasteiger partial charge in [-0.15, -0.1) is 0 Å². The maximum Gasteiger partial charge on any atom is 0.220 e. The van der Waals surface area contributed by atoms with Gasteiger partial charge in [-0.2, -0.15) is 0 Å². The summed E-state index contributed by atoms with van der Waals surface area (Å²) in [4.78, 5) is 11.0. The Balaban J connectivity index is 1.85. The van der Waals surface area contributed by atoms with Gasteiger partial charge in [0.05, 0.1) is 5.02 Å². The molecule has 0 spiro atoms. The molecule has 1 aliphatic rings. The molecule has 0 aromatic heterocycles. The lowest BCUT2D eigenvalue weighted by Gasteiger charge is -2.23. The molecule has 1 fully saturated rings. The third-order valence-electron chi connectivity index (χ3n) is 2.84. The lowest BCUT2D eigenvalue weighted by molar-refractivity contribution is -0.122. The van der Waals surface area contributed by atoms with Crippen molar-refractivity contribution in [2.45, 2.75) is 25.4 Å². The van der Waals surface area contributed by atoms with Crippen LogP contribution in [0.4, 0.5) is 0 Å². The molecule has 1 aromatic rings. The van der Waals surface area contributed by atoms with Gasteiger partial charge in [0.25, 0.3) is 0 Å². The average Bonchev–Trinajstić information content (AvgIpc) is 2.33. The van der Waals surface area contributed by atoms with E-state index in [9.17, 15) is 4.79 Å². The Morgan fingerprint density at radius 1 is 1.53 bits per heavy atom. The van der Waals surface area contributed by atoms with Crippen molar-refractivity contribution in [3.63, 3.8) is 0 Å². The van der Waals surface area contributed by atoms with E-state index in [-0.39, 0.29) is 5.91 Å². The van der Waals surface area contributed by atoms with Gasteiger partial charge < -0.3 is 10.6 Å². The van der Waals surface area contributed by atoms with E-state index in [0.717, 1.165) is 22.5 Å². The van der Waals surface area contributed by atoms with Crippen LogP contribution >= 0.6 is 27.5 Å². The van der Waals surface area contributed by atoms with Crippen LogP contribution in [0.25, 0.3) is 0 Å². The number of hydrogen-bond acceptors (Lipinski definition) is 2. The van der Waals surface area contributed by atoms with Crippen LogP contribution in [0.3, 0.4) is 0 Å². The standard InChI is InChI=1S/C12H14BrClN2O/c13-10-5-8(1-3-11(10)14)6-15-9-2-4-12(17)16-7-9/h1,3,5,9,15H,2,4,6-7H2,(H,16,17). The highest BCUT2D eigenvalue weighted by Crippen LogP contribution is 2.23. The van der Waals surface area contributed by atoms with E-state index in [1.807, 2.05) is 18.2 Å². The van der Waals surface area contributed by atoms with E-state index in [4.69, 9.17) is 11.6 Å². The lowest BCUT2D eigenvalue weighted by Crippen LogP contribution is -2.45. The molecule has 0 radical (unpaired) electrons. The smallest absolute Gasteiger partial charge is 0.220 e. The second kappa shape index (κ2) is 5.85. The van der Waals surface area contributed by atoms with Crippen LogP contribution in [0.1, 0.15) is 18.4 Å². The SMILES string of the molecule is O=C1CCC(NCc2ccc(Cl)c(Br)c2)CN1. The van der Waals surface area contributed by atoms with Gasteiger partial charge in [0.1, 0.15) is 0 Å². The number of halogens is 2. The monoisotopic (exact) mass is 316 g/mol. The Morgan fingerprint density at radius 2 is 2.35 bits per heavy atom. The molecule has 5 heteroatoms. The third-order valence-corrected chi connectivity index (χ3v) is 4.06. The zero-order valence-electron chi connectivity index (χ0n) is 9.30. The molecule has 1 aromatic carbocycles. The summed E-state index contributed by atoms with van der Waals surface area (Å²) < 4.78 is 0.912. The summed E-state index contributed by atoms with van der Waals surface area (Å²) >= 11 is 9.33. The molecule has 0 bridgehead atoms. The Bertz CT molecular complexity index is 415. The number of benzene rings is 1. The molecule has 2 N–H and O–H groups in total. The number of amides is 1. The predicted octanol–water partition coefficient (Wildman–Crippen LogP) is 2.47. The summed E-state index contributed by atoms with van der Waals surface area (Å²) in [6.07, 6.45) is 1.52. The van der Waals surface area contributed by atoms with Gasteiger partial charge in [-0.1, -0.05) is 17.7 Å². The summed E-state index contributed by atoms with van der Waals surface area (Å²) in [6, 6.07) is 6.26. The summed E-state index contributed by atoms with van der Waals surface area (Å²) in [5.74, 6) is 0.150. The first kappa shape index (κ1) is 12.9. The fraction of sp³-hybridized carbons (Fsp3) is 0.417. The first-order valence-electron chi connectivity index (χ1n) is 5.59. The summed E-state index contributed by atoms with van der Waals surface area (Å²) in [6.45, 7) is 1.50. The molecule has 2 rings (SSSR count). The molecule has 1 unspecified atom stereocenters. The van der Waals surface area contributed by atoms with Gasteiger partial charge in [-0.05, 0) is 40.0 Å². The normalized spacial score (nSPS) is 20.1. The van der Waals surface area contributed by atoms with Crippen molar-refractivity contribution in [1.82, 2.24) is 10.6 Å². The van der Waals surface area contributed by atoms with Gasteiger partial charge in [0.15, 0.2) is 0 Å². The molecule has 1 heterocycles. The van der Waals surface area contributed by atoms with E-state index < -0.39 is 0 Å². The van der Waals surface area contributed by atoms with Gasteiger partial charge in [-0.3, -0.25) is 4.79 Å². The topological polar surface area (TPSA) is 41.1 Å². The van der Waals surface area contributed by atoms with E-state index in [0.29, 0.717) is 19.0 Å². The van der Waals surface area contributed by atoms with Gasteiger partial charge in [0.2, 0.25) is 5.91 Å².